The maximum atomic E-state index is 13.6. The van der Waals surface area contributed by atoms with Gasteiger partial charge in [0, 0.05) is 28.6 Å². The van der Waals surface area contributed by atoms with Crippen molar-refractivity contribution in [3.8, 4) is 17.6 Å². The van der Waals surface area contributed by atoms with Crippen LogP contribution in [-0.2, 0) is 9.59 Å². The number of carbonyl (C=O) groups is 2. The third kappa shape index (κ3) is 5.72. The number of benzene rings is 1. The maximum Gasteiger partial charge on any atom is 0.234 e. The van der Waals surface area contributed by atoms with E-state index in [4.69, 9.17) is 26.8 Å². The number of thioether (sulfide) groups is 1. The van der Waals surface area contributed by atoms with Crippen molar-refractivity contribution in [2.75, 3.05) is 30.2 Å². The molecule has 1 aromatic carbocycles. The smallest absolute Gasteiger partial charge is 0.234 e. The Bertz CT molecular complexity index is 1660. The number of amides is 1. The summed E-state index contributed by atoms with van der Waals surface area (Å²) >= 11 is 10.1. The van der Waals surface area contributed by atoms with Gasteiger partial charge in [-0.15, -0.1) is 21.5 Å². The summed E-state index contributed by atoms with van der Waals surface area (Å²) in [5.74, 6) is 0.279. The monoisotopic (exact) mass is 642 g/mol. The van der Waals surface area contributed by atoms with Gasteiger partial charge in [0.1, 0.15) is 17.3 Å². The van der Waals surface area contributed by atoms with Crippen LogP contribution in [0.1, 0.15) is 37.5 Å². The number of Topliss-reactive ketones (excluding diaryl/α,β-unsaturated/α-hetero) is 1. The summed E-state index contributed by atoms with van der Waals surface area (Å²) in [7, 11) is 2.98. The van der Waals surface area contributed by atoms with Crippen molar-refractivity contribution in [3.05, 3.63) is 62.2 Å². The average molecular weight is 643 g/mol. The van der Waals surface area contributed by atoms with Crippen LogP contribution >= 0.6 is 46.0 Å². The van der Waals surface area contributed by atoms with E-state index in [-0.39, 0.29) is 28.7 Å². The zero-order valence-corrected chi connectivity index (χ0v) is 26.4. The van der Waals surface area contributed by atoms with Gasteiger partial charge in [-0.3, -0.25) is 14.5 Å². The number of nitrogens with two attached hydrogens (primary N) is 1. The van der Waals surface area contributed by atoms with Gasteiger partial charge in [-0.25, -0.2) is 0 Å². The van der Waals surface area contributed by atoms with E-state index >= 15 is 0 Å². The van der Waals surface area contributed by atoms with E-state index in [1.165, 1.54) is 48.7 Å². The van der Waals surface area contributed by atoms with Gasteiger partial charge >= 0.3 is 0 Å². The molecule has 0 saturated carbocycles. The highest BCUT2D eigenvalue weighted by molar-refractivity contribution is 8.01. The lowest BCUT2D eigenvalue weighted by Crippen LogP contribution is -2.42. The number of rotatable bonds is 8. The van der Waals surface area contributed by atoms with E-state index in [2.05, 4.69) is 21.6 Å². The molecule has 42 heavy (non-hydrogen) atoms. The second-order valence-corrected chi connectivity index (χ2v) is 13.9. The highest BCUT2D eigenvalue weighted by Gasteiger charge is 2.45. The van der Waals surface area contributed by atoms with Gasteiger partial charge in [0.15, 0.2) is 10.1 Å². The second kappa shape index (κ2) is 12.0. The van der Waals surface area contributed by atoms with E-state index in [9.17, 15) is 14.9 Å². The van der Waals surface area contributed by atoms with Crippen LogP contribution in [-0.4, -0.2) is 41.9 Å². The van der Waals surface area contributed by atoms with Crippen molar-refractivity contribution >= 4 is 68.5 Å². The molecule has 3 aromatic rings. The van der Waals surface area contributed by atoms with Crippen molar-refractivity contribution in [2.24, 2.45) is 11.1 Å². The van der Waals surface area contributed by atoms with E-state index in [1.54, 1.807) is 17.0 Å². The first-order valence-corrected chi connectivity index (χ1v) is 15.8. The Balaban J connectivity index is 1.40. The molecule has 3 N–H and O–H groups in total. The van der Waals surface area contributed by atoms with Crippen LogP contribution in [0.15, 0.2) is 56.6 Å². The summed E-state index contributed by atoms with van der Waals surface area (Å²) < 4.78 is 11.1. The molecule has 1 aliphatic carbocycles. The number of nitriles is 1. The SMILES string of the molecule is COc1cc(OC)c(NC(=O)CSc2nnc(N3C(N)=C(C#N)C(c4cccs4)C4=C3CC(C)(C)CC4=O)s2)cc1Cl. The third-order valence-electron chi connectivity index (χ3n) is 6.87. The molecule has 0 radical (unpaired) electrons. The molecular weight excluding hydrogens is 616 g/mol. The first kappa shape index (κ1) is 29.9. The largest absolute Gasteiger partial charge is 0.495 e. The second-order valence-electron chi connectivity index (χ2n) is 10.4. The Hall–Kier alpha value is -3.57. The number of aromatic nitrogens is 2. The minimum absolute atomic E-state index is 0.00486. The van der Waals surface area contributed by atoms with Gasteiger partial charge in [0.2, 0.25) is 11.0 Å². The molecular formula is C28H27ClN6O4S3. The quantitative estimate of drug-likeness (QED) is 0.283. The summed E-state index contributed by atoms with van der Waals surface area (Å²) in [6.07, 6.45) is 0.947. The van der Waals surface area contributed by atoms with Crippen molar-refractivity contribution in [1.82, 2.24) is 10.2 Å². The fraction of sp³-hybridized carbons (Fsp3) is 0.321. The van der Waals surface area contributed by atoms with Crippen molar-refractivity contribution in [2.45, 2.75) is 36.9 Å². The minimum atomic E-state index is -0.515. The number of methoxy groups -OCH3 is 2. The molecule has 3 heterocycles. The van der Waals surface area contributed by atoms with Gasteiger partial charge in [-0.2, -0.15) is 5.26 Å². The number of thiophene rings is 1. The summed E-state index contributed by atoms with van der Waals surface area (Å²) in [5, 5.41) is 24.3. The normalized spacial score (nSPS) is 18.0. The van der Waals surface area contributed by atoms with Crippen LogP contribution in [0.5, 0.6) is 11.5 Å². The van der Waals surface area contributed by atoms with Crippen LogP contribution < -0.4 is 25.4 Å². The molecule has 10 nitrogen and oxygen atoms in total. The van der Waals surface area contributed by atoms with Gasteiger partial charge in [0.25, 0.3) is 0 Å². The highest BCUT2D eigenvalue weighted by atomic mass is 35.5. The molecule has 1 unspecified atom stereocenters. The molecule has 5 rings (SSSR count). The Morgan fingerprint density at radius 1 is 1.29 bits per heavy atom. The predicted molar refractivity (Wildman–Crippen MR) is 165 cm³/mol. The van der Waals surface area contributed by atoms with Crippen LogP contribution in [0.4, 0.5) is 10.8 Å². The fourth-order valence-corrected chi connectivity index (χ4v) is 7.85. The van der Waals surface area contributed by atoms with Crippen LogP contribution in [0.25, 0.3) is 0 Å². The summed E-state index contributed by atoms with van der Waals surface area (Å²) in [6.45, 7) is 4.08. The number of anilines is 2. The van der Waals surface area contributed by atoms with Crippen LogP contribution in [0.3, 0.4) is 0 Å². The maximum absolute atomic E-state index is 13.6. The topological polar surface area (TPSA) is 143 Å². The Labute approximate surface area is 260 Å². The lowest BCUT2D eigenvalue weighted by Gasteiger charge is -2.42. The Morgan fingerprint density at radius 3 is 2.71 bits per heavy atom. The standard InChI is InChI=1S/C28H27ClN6O4S3/c1-28(2)10-17-24(18(36)11-28)23(21-6-5-7-40-21)14(12-30)25(31)35(17)26-33-34-27(42-26)41-13-22(37)32-16-8-15(29)19(38-3)9-20(16)39-4/h5-9,23H,10-11,13,31H2,1-4H3,(H,32,37). The average Bonchev–Trinajstić information content (AvgIpc) is 3.63. The molecule has 1 atom stereocenters. The molecule has 0 saturated heterocycles. The minimum Gasteiger partial charge on any atom is -0.495 e. The number of hydrogen-bond donors (Lipinski definition) is 2. The Morgan fingerprint density at radius 2 is 2.05 bits per heavy atom. The first-order chi connectivity index (χ1) is 20.1. The summed E-state index contributed by atoms with van der Waals surface area (Å²) in [5.41, 5.74) is 8.39. The van der Waals surface area contributed by atoms with E-state index in [0.29, 0.717) is 55.7 Å². The number of nitrogens with zero attached hydrogens (tertiary/aromatic N) is 4. The van der Waals surface area contributed by atoms with Crippen molar-refractivity contribution < 1.29 is 19.1 Å². The molecule has 0 bridgehead atoms. The molecule has 2 aliphatic rings. The van der Waals surface area contributed by atoms with E-state index in [0.717, 1.165) is 10.6 Å². The van der Waals surface area contributed by atoms with Gasteiger partial charge < -0.3 is 20.5 Å². The fourth-order valence-electron chi connectivity index (χ4n) is 5.09. The van der Waals surface area contributed by atoms with Gasteiger partial charge in [-0.1, -0.05) is 54.6 Å². The molecule has 218 valence electrons. The number of carbonyl (C=O) groups excluding carboxylic acids is 2. The molecule has 0 fully saturated rings. The zero-order valence-electron chi connectivity index (χ0n) is 23.2. The van der Waals surface area contributed by atoms with Gasteiger partial charge in [-0.05, 0) is 29.3 Å². The lowest BCUT2D eigenvalue weighted by atomic mass is 9.70. The van der Waals surface area contributed by atoms with Crippen LogP contribution in [0, 0.1) is 16.7 Å². The summed E-state index contributed by atoms with van der Waals surface area (Å²) in [6, 6.07) is 9.24. The number of halogens is 1. The lowest BCUT2D eigenvalue weighted by molar-refractivity contribution is -0.118. The predicted octanol–water partition coefficient (Wildman–Crippen LogP) is 5.94. The number of ketones is 1. The summed E-state index contributed by atoms with van der Waals surface area (Å²) in [4.78, 5) is 28.9. The number of ether oxygens (including phenoxy) is 2. The number of nitrogens with one attached hydrogen (secondary N) is 1. The van der Waals surface area contributed by atoms with Crippen molar-refractivity contribution in [3.63, 3.8) is 0 Å². The Kier molecular flexibility index (Phi) is 8.52. The first-order valence-electron chi connectivity index (χ1n) is 12.7. The van der Waals surface area contributed by atoms with Gasteiger partial charge in [0.05, 0.1) is 48.2 Å². The molecule has 14 heteroatoms. The number of allylic oxidation sites excluding steroid dienone is 3. The molecule has 1 amide bonds. The molecule has 0 spiro atoms. The number of hydrogen-bond acceptors (Lipinski definition) is 12. The highest BCUT2D eigenvalue weighted by Crippen LogP contribution is 2.51. The molecule has 2 aromatic heterocycles. The third-order valence-corrected chi connectivity index (χ3v) is 10.1. The van der Waals surface area contributed by atoms with Crippen LogP contribution in [0.2, 0.25) is 5.02 Å². The van der Waals surface area contributed by atoms with E-state index < -0.39 is 5.92 Å². The van der Waals surface area contributed by atoms with E-state index in [1.807, 2.05) is 31.4 Å². The molecule has 1 aliphatic heterocycles. The zero-order chi connectivity index (χ0) is 30.2. The van der Waals surface area contributed by atoms with Crippen molar-refractivity contribution in [1.29, 1.82) is 5.26 Å².